The molecule has 112 valence electrons. The Labute approximate surface area is 121 Å². The van der Waals surface area contributed by atoms with Crippen molar-refractivity contribution in [2.45, 2.75) is 45.6 Å². The van der Waals surface area contributed by atoms with Crippen LogP contribution in [0.15, 0.2) is 6.07 Å². The molecule has 0 atom stereocenters. The number of nitrogen functional groups attached to an aromatic ring is 1. The van der Waals surface area contributed by atoms with Gasteiger partial charge < -0.3 is 10.7 Å². The molecule has 0 aliphatic heterocycles. The van der Waals surface area contributed by atoms with E-state index in [0.29, 0.717) is 5.82 Å². The van der Waals surface area contributed by atoms with Crippen LogP contribution in [-0.2, 0) is 0 Å². The van der Waals surface area contributed by atoms with Gasteiger partial charge in [-0.15, -0.1) is 0 Å². The van der Waals surface area contributed by atoms with Gasteiger partial charge in [0, 0.05) is 31.1 Å². The van der Waals surface area contributed by atoms with Crippen LogP contribution in [-0.4, -0.2) is 40.5 Å². The summed E-state index contributed by atoms with van der Waals surface area (Å²) in [5.74, 6) is 8.03. The number of rotatable bonds is 8. The van der Waals surface area contributed by atoms with Gasteiger partial charge in [-0.3, -0.25) is 4.90 Å². The predicted molar refractivity (Wildman–Crippen MR) is 82.7 cm³/mol. The third kappa shape index (κ3) is 4.05. The molecule has 0 radical (unpaired) electrons. The number of anilines is 2. The summed E-state index contributed by atoms with van der Waals surface area (Å²) < 4.78 is 0. The number of aromatic nitrogens is 2. The molecule has 2 rings (SSSR count). The maximum absolute atomic E-state index is 5.46. The third-order valence-corrected chi connectivity index (χ3v) is 3.58. The van der Waals surface area contributed by atoms with Crippen LogP contribution in [0.3, 0.4) is 0 Å². The van der Waals surface area contributed by atoms with E-state index >= 15 is 0 Å². The maximum atomic E-state index is 5.46. The Morgan fingerprint density at radius 1 is 1.35 bits per heavy atom. The van der Waals surface area contributed by atoms with Crippen LogP contribution in [0.1, 0.15) is 45.4 Å². The zero-order valence-electron chi connectivity index (χ0n) is 12.7. The van der Waals surface area contributed by atoms with Crippen molar-refractivity contribution in [3.8, 4) is 0 Å². The van der Waals surface area contributed by atoms with Crippen LogP contribution in [0.5, 0.6) is 0 Å². The van der Waals surface area contributed by atoms with Gasteiger partial charge in [-0.1, -0.05) is 20.8 Å². The lowest BCUT2D eigenvalue weighted by Crippen LogP contribution is -2.31. The normalized spacial score (nSPS) is 14.9. The van der Waals surface area contributed by atoms with E-state index in [9.17, 15) is 0 Å². The molecule has 1 heterocycles. The molecular weight excluding hydrogens is 252 g/mol. The largest absolute Gasteiger partial charge is 0.369 e. The first-order valence-electron chi connectivity index (χ1n) is 7.47. The highest BCUT2D eigenvalue weighted by molar-refractivity contribution is 5.47. The first kappa shape index (κ1) is 15.0. The molecule has 1 fully saturated rings. The summed E-state index contributed by atoms with van der Waals surface area (Å²) in [4.78, 5) is 11.4. The molecule has 0 amide bonds. The zero-order valence-corrected chi connectivity index (χ0v) is 12.7. The molecule has 20 heavy (non-hydrogen) atoms. The summed E-state index contributed by atoms with van der Waals surface area (Å²) in [6.45, 7) is 9.42. The molecule has 0 unspecified atom stereocenters. The van der Waals surface area contributed by atoms with Gasteiger partial charge in [0.15, 0.2) is 0 Å². The lowest BCUT2D eigenvalue weighted by atomic mass is 10.2. The van der Waals surface area contributed by atoms with Gasteiger partial charge in [-0.05, 0) is 19.4 Å². The number of hydrazine groups is 1. The van der Waals surface area contributed by atoms with Crippen LogP contribution in [0.25, 0.3) is 0 Å². The second kappa shape index (κ2) is 6.85. The SMILES string of the molecule is CCN(CCNc1cc(NN)nc(C(C)C)n1)C1CC1. The second-order valence-electron chi connectivity index (χ2n) is 5.58. The monoisotopic (exact) mass is 278 g/mol. The number of likely N-dealkylation sites (N-methyl/N-ethyl adjacent to an activating group) is 1. The summed E-state index contributed by atoms with van der Waals surface area (Å²) in [5.41, 5.74) is 2.60. The minimum absolute atomic E-state index is 0.280. The van der Waals surface area contributed by atoms with E-state index in [0.717, 1.165) is 37.3 Å². The standard InChI is InChI=1S/C14H26N6/c1-4-20(11-5-6-11)8-7-16-12-9-13(19-15)18-14(17-12)10(2)3/h9-11H,4-8,15H2,1-3H3,(H2,16,17,18,19). The van der Waals surface area contributed by atoms with Gasteiger partial charge >= 0.3 is 0 Å². The van der Waals surface area contributed by atoms with Crippen molar-refractivity contribution in [2.24, 2.45) is 5.84 Å². The van der Waals surface area contributed by atoms with Crippen molar-refractivity contribution < 1.29 is 0 Å². The molecule has 1 saturated carbocycles. The fourth-order valence-corrected chi connectivity index (χ4v) is 2.25. The predicted octanol–water partition coefficient (Wildman–Crippen LogP) is 1.78. The summed E-state index contributed by atoms with van der Waals surface area (Å²) in [6, 6.07) is 2.65. The van der Waals surface area contributed by atoms with E-state index in [1.165, 1.54) is 12.8 Å². The smallest absolute Gasteiger partial charge is 0.145 e. The summed E-state index contributed by atoms with van der Waals surface area (Å²) in [7, 11) is 0. The minimum atomic E-state index is 0.280. The fourth-order valence-electron chi connectivity index (χ4n) is 2.25. The van der Waals surface area contributed by atoms with E-state index in [2.05, 4.69) is 46.4 Å². The molecule has 1 aliphatic rings. The van der Waals surface area contributed by atoms with Gasteiger partial charge in [0.05, 0.1) is 0 Å². The molecule has 1 aliphatic carbocycles. The highest BCUT2D eigenvalue weighted by atomic mass is 15.3. The molecule has 1 aromatic rings. The van der Waals surface area contributed by atoms with Crippen molar-refractivity contribution in [1.82, 2.24) is 14.9 Å². The van der Waals surface area contributed by atoms with Gasteiger partial charge in [-0.2, -0.15) is 0 Å². The van der Waals surface area contributed by atoms with Gasteiger partial charge in [0.2, 0.25) is 0 Å². The number of hydrogen-bond acceptors (Lipinski definition) is 6. The molecule has 1 aromatic heterocycles. The minimum Gasteiger partial charge on any atom is -0.369 e. The lowest BCUT2D eigenvalue weighted by Gasteiger charge is -2.20. The van der Waals surface area contributed by atoms with E-state index in [4.69, 9.17) is 5.84 Å². The summed E-state index contributed by atoms with van der Waals surface area (Å²) in [6.07, 6.45) is 2.69. The molecule has 0 bridgehead atoms. The van der Waals surface area contributed by atoms with Crippen molar-refractivity contribution in [3.63, 3.8) is 0 Å². The second-order valence-corrected chi connectivity index (χ2v) is 5.58. The van der Waals surface area contributed by atoms with Crippen molar-refractivity contribution in [3.05, 3.63) is 11.9 Å². The summed E-state index contributed by atoms with van der Waals surface area (Å²) in [5, 5.41) is 3.37. The van der Waals surface area contributed by atoms with Crippen LogP contribution in [0.2, 0.25) is 0 Å². The molecule has 4 N–H and O–H groups in total. The van der Waals surface area contributed by atoms with Gasteiger partial charge in [0.25, 0.3) is 0 Å². The van der Waals surface area contributed by atoms with E-state index in [1.807, 2.05) is 6.07 Å². The Morgan fingerprint density at radius 2 is 2.05 bits per heavy atom. The zero-order chi connectivity index (χ0) is 14.5. The van der Waals surface area contributed by atoms with E-state index in [-0.39, 0.29) is 5.92 Å². The van der Waals surface area contributed by atoms with Crippen LogP contribution in [0, 0.1) is 0 Å². The van der Waals surface area contributed by atoms with Crippen molar-refractivity contribution >= 4 is 11.6 Å². The first-order chi connectivity index (χ1) is 9.63. The molecule has 0 aromatic carbocycles. The molecular formula is C14H26N6. The summed E-state index contributed by atoms with van der Waals surface area (Å²) >= 11 is 0. The Kier molecular flexibility index (Phi) is 5.14. The average Bonchev–Trinajstić information content (AvgIpc) is 3.27. The molecule has 0 saturated heterocycles. The van der Waals surface area contributed by atoms with Crippen LogP contribution in [0.4, 0.5) is 11.6 Å². The van der Waals surface area contributed by atoms with Crippen molar-refractivity contribution in [1.29, 1.82) is 0 Å². The van der Waals surface area contributed by atoms with Crippen LogP contribution < -0.4 is 16.6 Å². The number of nitrogens with zero attached hydrogens (tertiary/aromatic N) is 3. The quantitative estimate of drug-likeness (QED) is 0.497. The average molecular weight is 278 g/mol. The van der Waals surface area contributed by atoms with Gasteiger partial charge in [-0.25, -0.2) is 15.8 Å². The Hall–Kier alpha value is -1.40. The van der Waals surface area contributed by atoms with E-state index < -0.39 is 0 Å². The third-order valence-electron chi connectivity index (χ3n) is 3.58. The number of nitrogens with two attached hydrogens (primary N) is 1. The van der Waals surface area contributed by atoms with Crippen molar-refractivity contribution in [2.75, 3.05) is 30.4 Å². The Bertz CT molecular complexity index is 430. The highest BCUT2D eigenvalue weighted by Gasteiger charge is 2.27. The Morgan fingerprint density at radius 3 is 2.60 bits per heavy atom. The highest BCUT2D eigenvalue weighted by Crippen LogP contribution is 2.26. The molecule has 6 heteroatoms. The lowest BCUT2D eigenvalue weighted by molar-refractivity contribution is 0.289. The van der Waals surface area contributed by atoms with E-state index in [1.54, 1.807) is 0 Å². The fraction of sp³-hybridized carbons (Fsp3) is 0.714. The first-order valence-corrected chi connectivity index (χ1v) is 7.47. The number of nitrogens with one attached hydrogen (secondary N) is 2. The topological polar surface area (TPSA) is 79.1 Å². The maximum Gasteiger partial charge on any atom is 0.145 e. The van der Waals surface area contributed by atoms with Crippen LogP contribution >= 0.6 is 0 Å². The Balaban J connectivity index is 1.92. The van der Waals surface area contributed by atoms with Gasteiger partial charge in [0.1, 0.15) is 17.5 Å². The molecule has 0 spiro atoms. The molecule has 6 nitrogen and oxygen atoms in total. The number of hydrogen-bond donors (Lipinski definition) is 3.